The van der Waals surface area contributed by atoms with Gasteiger partial charge in [0.05, 0.1) is 0 Å². The van der Waals surface area contributed by atoms with Crippen LogP contribution in [0.15, 0.2) is 24.3 Å². The fourth-order valence-electron chi connectivity index (χ4n) is 1.43. The summed E-state index contributed by atoms with van der Waals surface area (Å²) in [5.74, 6) is -0.919. The average molecular weight is 251 g/mol. The molecule has 0 heterocycles. The third-order valence-electron chi connectivity index (χ3n) is 2.31. The molecule has 0 saturated carbocycles. The van der Waals surface area contributed by atoms with E-state index in [1.165, 1.54) is 6.92 Å². The zero-order valence-corrected chi connectivity index (χ0v) is 10.1. The van der Waals surface area contributed by atoms with Crippen molar-refractivity contribution in [2.24, 2.45) is 5.73 Å². The number of rotatable bonds is 6. The number of anilines is 1. The Labute approximate surface area is 105 Å². The van der Waals surface area contributed by atoms with Gasteiger partial charge in [0, 0.05) is 25.7 Å². The molecule has 6 nitrogen and oxygen atoms in total. The van der Waals surface area contributed by atoms with E-state index in [4.69, 9.17) is 5.73 Å². The fourth-order valence-corrected chi connectivity index (χ4v) is 1.43. The van der Waals surface area contributed by atoms with Crippen molar-refractivity contribution >= 4 is 17.5 Å². The third-order valence-corrected chi connectivity index (χ3v) is 2.31. The number of primary amides is 1. The van der Waals surface area contributed by atoms with Gasteiger partial charge >= 0.3 is 0 Å². The lowest BCUT2D eigenvalue weighted by Crippen LogP contribution is -2.37. The van der Waals surface area contributed by atoms with E-state index >= 15 is 0 Å². The molecule has 0 aliphatic rings. The highest BCUT2D eigenvalue weighted by Gasteiger charge is 2.10. The summed E-state index contributed by atoms with van der Waals surface area (Å²) in [4.78, 5) is 21.6. The lowest BCUT2D eigenvalue weighted by Gasteiger charge is -2.12. The number of amides is 2. The summed E-state index contributed by atoms with van der Waals surface area (Å²) >= 11 is 0. The highest BCUT2D eigenvalue weighted by atomic mass is 16.3. The number of hydrogen-bond donors (Lipinski definition) is 4. The monoisotopic (exact) mass is 251 g/mol. The molecule has 0 spiro atoms. The fraction of sp³-hybridized carbons (Fsp3) is 0.333. The number of hydrogen-bond acceptors (Lipinski definition) is 4. The molecule has 0 aliphatic heterocycles. The van der Waals surface area contributed by atoms with Crippen LogP contribution >= 0.6 is 0 Å². The van der Waals surface area contributed by atoms with Gasteiger partial charge < -0.3 is 21.5 Å². The van der Waals surface area contributed by atoms with E-state index in [1.54, 1.807) is 6.07 Å². The first kappa shape index (κ1) is 14.1. The summed E-state index contributed by atoms with van der Waals surface area (Å²) in [6, 6.07) is 7.28. The second-order valence-corrected chi connectivity index (χ2v) is 3.89. The number of carbonyl (C=O) groups excluding carboxylic acids is 2. The van der Waals surface area contributed by atoms with E-state index in [-0.39, 0.29) is 12.5 Å². The minimum absolute atomic E-state index is 0.0732. The minimum Gasteiger partial charge on any atom is -0.382 e. The Balaban J connectivity index is 2.56. The normalized spacial score (nSPS) is 11.9. The Hall–Kier alpha value is -1.92. The van der Waals surface area contributed by atoms with Crippen LogP contribution in [0.25, 0.3) is 0 Å². The predicted octanol–water partition coefficient (Wildman–Crippen LogP) is -0.419. The van der Waals surface area contributed by atoms with Gasteiger partial charge in [-0.3, -0.25) is 9.59 Å². The SMILES string of the molecule is CC(=O)Nc1ccccc1CNCC(O)C(N)=O. The van der Waals surface area contributed by atoms with Gasteiger partial charge in [0.25, 0.3) is 0 Å². The molecular formula is C12H17N3O3. The lowest BCUT2D eigenvalue weighted by atomic mass is 10.1. The highest BCUT2D eigenvalue weighted by Crippen LogP contribution is 2.14. The molecule has 1 aromatic rings. The number of aliphatic hydroxyl groups is 1. The molecule has 98 valence electrons. The number of aliphatic hydroxyl groups excluding tert-OH is 1. The smallest absolute Gasteiger partial charge is 0.247 e. The van der Waals surface area contributed by atoms with Crippen LogP contribution in [0.2, 0.25) is 0 Å². The maximum Gasteiger partial charge on any atom is 0.247 e. The molecule has 0 fully saturated rings. The van der Waals surface area contributed by atoms with Crippen molar-refractivity contribution in [3.63, 3.8) is 0 Å². The van der Waals surface area contributed by atoms with Crippen molar-refractivity contribution in [2.75, 3.05) is 11.9 Å². The van der Waals surface area contributed by atoms with Crippen molar-refractivity contribution in [3.8, 4) is 0 Å². The molecule has 0 saturated heterocycles. The summed E-state index contributed by atoms with van der Waals surface area (Å²) < 4.78 is 0. The molecule has 2 amide bonds. The number of para-hydroxylation sites is 1. The van der Waals surface area contributed by atoms with Crippen molar-refractivity contribution in [1.29, 1.82) is 0 Å². The first-order chi connectivity index (χ1) is 8.50. The van der Waals surface area contributed by atoms with Crippen LogP contribution in [0, 0.1) is 0 Å². The highest BCUT2D eigenvalue weighted by molar-refractivity contribution is 5.89. The Morgan fingerprint density at radius 1 is 1.39 bits per heavy atom. The van der Waals surface area contributed by atoms with Crippen LogP contribution in [0.3, 0.4) is 0 Å². The van der Waals surface area contributed by atoms with Crippen molar-refractivity contribution in [2.45, 2.75) is 19.6 Å². The van der Waals surface area contributed by atoms with E-state index in [1.807, 2.05) is 18.2 Å². The van der Waals surface area contributed by atoms with E-state index in [9.17, 15) is 14.7 Å². The molecule has 1 atom stereocenters. The summed E-state index contributed by atoms with van der Waals surface area (Å²) in [5.41, 5.74) is 6.49. The maximum atomic E-state index is 11.0. The quantitative estimate of drug-likeness (QED) is 0.551. The average Bonchev–Trinajstić information content (AvgIpc) is 2.30. The first-order valence-electron chi connectivity index (χ1n) is 5.54. The molecule has 0 radical (unpaired) electrons. The van der Waals surface area contributed by atoms with Crippen LogP contribution in [-0.2, 0) is 16.1 Å². The van der Waals surface area contributed by atoms with Crippen molar-refractivity contribution < 1.29 is 14.7 Å². The molecule has 5 N–H and O–H groups in total. The lowest BCUT2D eigenvalue weighted by molar-refractivity contribution is -0.125. The molecule has 1 unspecified atom stereocenters. The molecule has 0 aliphatic carbocycles. The molecule has 6 heteroatoms. The molecule has 0 aromatic heterocycles. The Bertz CT molecular complexity index is 434. The van der Waals surface area contributed by atoms with Crippen LogP contribution in [0.5, 0.6) is 0 Å². The summed E-state index contributed by atoms with van der Waals surface area (Å²) in [5, 5.41) is 14.8. The van der Waals surface area contributed by atoms with Crippen LogP contribution in [-0.4, -0.2) is 29.6 Å². The summed E-state index contributed by atoms with van der Waals surface area (Å²) in [6.07, 6.45) is -1.21. The van der Waals surface area contributed by atoms with E-state index in [0.717, 1.165) is 5.56 Å². The summed E-state index contributed by atoms with van der Waals surface area (Å²) in [7, 11) is 0. The second kappa shape index (κ2) is 6.73. The van der Waals surface area contributed by atoms with Crippen LogP contribution in [0.4, 0.5) is 5.69 Å². The van der Waals surface area contributed by atoms with Gasteiger partial charge in [-0.15, -0.1) is 0 Å². The zero-order valence-electron chi connectivity index (χ0n) is 10.1. The van der Waals surface area contributed by atoms with Gasteiger partial charge in [0.1, 0.15) is 6.10 Å². The molecule has 1 aromatic carbocycles. The number of benzene rings is 1. The van der Waals surface area contributed by atoms with Gasteiger partial charge in [-0.2, -0.15) is 0 Å². The van der Waals surface area contributed by atoms with Crippen LogP contribution in [0.1, 0.15) is 12.5 Å². The topological polar surface area (TPSA) is 104 Å². The Morgan fingerprint density at radius 2 is 2.06 bits per heavy atom. The minimum atomic E-state index is -1.21. The predicted molar refractivity (Wildman–Crippen MR) is 67.7 cm³/mol. The Morgan fingerprint density at radius 3 is 2.67 bits per heavy atom. The third kappa shape index (κ3) is 4.52. The van der Waals surface area contributed by atoms with Gasteiger partial charge in [-0.05, 0) is 11.6 Å². The molecule has 18 heavy (non-hydrogen) atoms. The maximum absolute atomic E-state index is 11.0. The van der Waals surface area contributed by atoms with Crippen LogP contribution < -0.4 is 16.4 Å². The van der Waals surface area contributed by atoms with Crippen molar-refractivity contribution in [1.82, 2.24) is 5.32 Å². The first-order valence-corrected chi connectivity index (χ1v) is 5.54. The molecule has 0 bridgehead atoms. The van der Waals surface area contributed by atoms with Gasteiger partial charge in [-0.25, -0.2) is 0 Å². The van der Waals surface area contributed by atoms with Crippen molar-refractivity contribution in [3.05, 3.63) is 29.8 Å². The second-order valence-electron chi connectivity index (χ2n) is 3.89. The van der Waals surface area contributed by atoms with Gasteiger partial charge in [-0.1, -0.05) is 18.2 Å². The standard InChI is InChI=1S/C12H17N3O3/c1-8(16)15-10-5-3-2-4-9(10)6-14-7-11(17)12(13)18/h2-5,11,14,17H,6-7H2,1H3,(H2,13,18)(H,15,16). The number of nitrogens with one attached hydrogen (secondary N) is 2. The summed E-state index contributed by atoms with van der Waals surface area (Å²) in [6.45, 7) is 1.92. The van der Waals surface area contributed by atoms with Gasteiger partial charge in [0.2, 0.25) is 11.8 Å². The largest absolute Gasteiger partial charge is 0.382 e. The molecular weight excluding hydrogens is 234 g/mol. The number of carbonyl (C=O) groups is 2. The number of nitrogens with two attached hydrogens (primary N) is 1. The van der Waals surface area contributed by atoms with E-state index in [0.29, 0.717) is 12.2 Å². The van der Waals surface area contributed by atoms with E-state index < -0.39 is 12.0 Å². The Kier molecular flexibility index (Phi) is 5.29. The zero-order chi connectivity index (χ0) is 13.5. The van der Waals surface area contributed by atoms with E-state index in [2.05, 4.69) is 10.6 Å². The van der Waals surface area contributed by atoms with Gasteiger partial charge in [0.15, 0.2) is 0 Å². The molecule has 1 rings (SSSR count).